The number of methoxy groups -OCH3 is 1. The smallest absolute Gasteiger partial charge is 0.343 e. The lowest BCUT2D eigenvalue weighted by molar-refractivity contribution is -0.188. The van der Waals surface area contributed by atoms with Gasteiger partial charge in [0.25, 0.3) is 0 Å². The van der Waals surface area contributed by atoms with E-state index < -0.39 is 29.6 Å². The van der Waals surface area contributed by atoms with Crippen molar-refractivity contribution < 1.29 is 23.8 Å². The maximum Gasteiger partial charge on any atom is 0.343 e. The molecule has 158 valence electrons. The van der Waals surface area contributed by atoms with Crippen LogP contribution in [0.2, 0.25) is 0 Å². The molecule has 1 heterocycles. The summed E-state index contributed by atoms with van der Waals surface area (Å²) in [7, 11) is 1.31. The van der Waals surface area contributed by atoms with E-state index >= 15 is 0 Å². The summed E-state index contributed by atoms with van der Waals surface area (Å²) < 4.78 is 17.2. The molecule has 1 saturated heterocycles. The lowest BCUT2D eigenvalue weighted by Gasteiger charge is -2.34. The van der Waals surface area contributed by atoms with Crippen LogP contribution >= 0.6 is 0 Å². The van der Waals surface area contributed by atoms with Gasteiger partial charge >= 0.3 is 11.9 Å². The van der Waals surface area contributed by atoms with Crippen molar-refractivity contribution in [2.75, 3.05) is 7.11 Å². The number of esters is 2. The number of cyclic esters (lactones) is 1. The summed E-state index contributed by atoms with van der Waals surface area (Å²) in [6.45, 7) is 0.143. The van der Waals surface area contributed by atoms with Crippen molar-refractivity contribution in [2.24, 2.45) is 5.92 Å². The van der Waals surface area contributed by atoms with Crippen molar-refractivity contribution in [2.45, 2.75) is 24.7 Å². The SMILES string of the molecule is COC(=O)[C@](OCc1ccccc1)(c1ccccc1)[C@@H]1C[C@@H](c2ccccc2)OC1=O. The standard InChI is InChI=1S/C26H24O5/c1-29-25(28)26(21-15-9-4-10-16-21,30-18-19-11-5-2-6-12-19)22-17-23(31-24(22)27)20-13-7-3-8-14-20/h2-16,22-23H,17-18H2,1H3/t22-,23+,26+/m1/s1. The molecule has 31 heavy (non-hydrogen) atoms. The molecule has 0 aromatic heterocycles. The molecule has 3 atom stereocenters. The first-order valence-electron chi connectivity index (χ1n) is 10.2. The van der Waals surface area contributed by atoms with Crippen LogP contribution < -0.4 is 0 Å². The Morgan fingerprint density at radius 3 is 2.13 bits per heavy atom. The monoisotopic (exact) mass is 416 g/mol. The predicted molar refractivity (Wildman–Crippen MR) is 115 cm³/mol. The fraction of sp³-hybridized carbons (Fsp3) is 0.231. The summed E-state index contributed by atoms with van der Waals surface area (Å²) in [6, 6.07) is 28.1. The molecule has 0 spiro atoms. The van der Waals surface area contributed by atoms with Crippen molar-refractivity contribution in [3.63, 3.8) is 0 Å². The van der Waals surface area contributed by atoms with Crippen LogP contribution in [0.4, 0.5) is 0 Å². The minimum Gasteiger partial charge on any atom is -0.467 e. The van der Waals surface area contributed by atoms with E-state index in [-0.39, 0.29) is 6.61 Å². The normalized spacial score (nSPS) is 20.0. The van der Waals surface area contributed by atoms with Gasteiger partial charge in [-0.1, -0.05) is 91.0 Å². The van der Waals surface area contributed by atoms with Crippen molar-refractivity contribution in [3.8, 4) is 0 Å². The summed E-state index contributed by atoms with van der Waals surface area (Å²) in [5.41, 5.74) is 0.714. The number of hydrogen-bond donors (Lipinski definition) is 0. The Kier molecular flexibility index (Phi) is 6.14. The van der Waals surface area contributed by atoms with E-state index in [1.807, 2.05) is 78.9 Å². The molecule has 0 bridgehead atoms. The Morgan fingerprint density at radius 1 is 0.935 bits per heavy atom. The molecular formula is C26H24O5. The zero-order valence-corrected chi connectivity index (χ0v) is 17.3. The first-order valence-corrected chi connectivity index (χ1v) is 10.2. The molecule has 3 aromatic carbocycles. The Morgan fingerprint density at radius 2 is 1.52 bits per heavy atom. The fourth-order valence-corrected chi connectivity index (χ4v) is 4.10. The fourth-order valence-electron chi connectivity index (χ4n) is 4.10. The molecule has 0 radical (unpaired) electrons. The second kappa shape index (κ2) is 9.14. The second-order valence-electron chi connectivity index (χ2n) is 7.49. The molecule has 1 aliphatic rings. The van der Waals surface area contributed by atoms with Gasteiger partial charge in [-0.05, 0) is 16.7 Å². The highest BCUT2D eigenvalue weighted by atomic mass is 16.6. The zero-order chi connectivity index (χ0) is 21.7. The van der Waals surface area contributed by atoms with Crippen molar-refractivity contribution >= 4 is 11.9 Å². The topological polar surface area (TPSA) is 61.8 Å². The van der Waals surface area contributed by atoms with Crippen LogP contribution in [0.25, 0.3) is 0 Å². The van der Waals surface area contributed by atoms with Crippen LogP contribution in [0.15, 0.2) is 91.0 Å². The largest absolute Gasteiger partial charge is 0.467 e. The maximum atomic E-state index is 13.3. The Hall–Kier alpha value is -3.44. The molecular weight excluding hydrogens is 392 g/mol. The number of carbonyl (C=O) groups is 2. The highest BCUT2D eigenvalue weighted by Crippen LogP contribution is 2.46. The van der Waals surface area contributed by atoms with Crippen LogP contribution in [0.5, 0.6) is 0 Å². The van der Waals surface area contributed by atoms with Crippen LogP contribution in [0.1, 0.15) is 29.2 Å². The molecule has 5 nitrogen and oxygen atoms in total. The van der Waals surface area contributed by atoms with E-state index in [9.17, 15) is 9.59 Å². The van der Waals surface area contributed by atoms with E-state index in [0.717, 1.165) is 11.1 Å². The van der Waals surface area contributed by atoms with Crippen molar-refractivity contribution in [3.05, 3.63) is 108 Å². The van der Waals surface area contributed by atoms with Gasteiger partial charge in [0.15, 0.2) is 0 Å². The molecule has 0 aliphatic carbocycles. The van der Waals surface area contributed by atoms with Gasteiger partial charge < -0.3 is 14.2 Å². The van der Waals surface area contributed by atoms with Crippen LogP contribution in [-0.2, 0) is 36.0 Å². The van der Waals surface area contributed by atoms with Gasteiger partial charge in [-0.15, -0.1) is 0 Å². The molecule has 5 heteroatoms. The minimum atomic E-state index is -1.62. The number of hydrogen-bond acceptors (Lipinski definition) is 5. The van der Waals surface area contributed by atoms with E-state index in [1.54, 1.807) is 12.1 Å². The summed E-state index contributed by atoms with van der Waals surface area (Å²) in [4.78, 5) is 26.4. The highest BCUT2D eigenvalue weighted by molar-refractivity contribution is 5.90. The van der Waals surface area contributed by atoms with Crippen LogP contribution in [0, 0.1) is 5.92 Å². The Balaban J connectivity index is 1.75. The third-order valence-electron chi connectivity index (χ3n) is 5.66. The highest BCUT2D eigenvalue weighted by Gasteiger charge is 2.57. The number of rotatable bonds is 7. The average molecular weight is 416 g/mol. The van der Waals surface area contributed by atoms with Gasteiger partial charge in [0.05, 0.1) is 13.7 Å². The van der Waals surface area contributed by atoms with E-state index in [2.05, 4.69) is 0 Å². The second-order valence-corrected chi connectivity index (χ2v) is 7.49. The van der Waals surface area contributed by atoms with E-state index in [4.69, 9.17) is 14.2 Å². The van der Waals surface area contributed by atoms with Crippen molar-refractivity contribution in [1.82, 2.24) is 0 Å². The van der Waals surface area contributed by atoms with E-state index in [1.165, 1.54) is 7.11 Å². The molecule has 0 N–H and O–H groups in total. The maximum absolute atomic E-state index is 13.3. The van der Waals surface area contributed by atoms with Gasteiger partial charge in [-0.25, -0.2) is 4.79 Å². The van der Waals surface area contributed by atoms with E-state index in [0.29, 0.717) is 12.0 Å². The van der Waals surface area contributed by atoms with Crippen LogP contribution in [0.3, 0.4) is 0 Å². The minimum absolute atomic E-state index is 0.143. The lowest BCUT2D eigenvalue weighted by atomic mass is 9.78. The van der Waals surface area contributed by atoms with Gasteiger partial charge in [-0.3, -0.25) is 4.79 Å². The van der Waals surface area contributed by atoms with Crippen molar-refractivity contribution in [1.29, 1.82) is 0 Å². The Bertz CT molecular complexity index is 1020. The Labute approximate surface area is 181 Å². The van der Waals surface area contributed by atoms with Gasteiger partial charge in [0.1, 0.15) is 12.0 Å². The molecule has 0 unspecified atom stereocenters. The summed E-state index contributed by atoms with van der Waals surface area (Å²) >= 11 is 0. The average Bonchev–Trinajstić information content (AvgIpc) is 3.23. The molecule has 1 aliphatic heterocycles. The summed E-state index contributed by atoms with van der Waals surface area (Å²) in [5.74, 6) is -1.95. The van der Waals surface area contributed by atoms with Crippen LogP contribution in [-0.4, -0.2) is 19.0 Å². The van der Waals surface area contributed by atoms with Gasteiger partial charge in [0.2, 0.25) is 5.60 Å². The molecule has 3 aromatic rings. The molecule has 1 fully saturated rings. The summed E-state index contributed by atoms with van der Waals surface area (Å²) in [5, 5.41) is 0. The first-order chi connectivity index (χ1) is 15.1. The molecule has 0 amide bonds. The third kappa shape index (κ3) is 4.09. The molecule has 4 rings (SSSR count). The predicted octanol–water partition coefficient (Wildman–Crippen LogP) is 4.58. The summed E-state index contributed by atoms with van der Waals surface area (Å²) in [6.07, 6.45) is -0.145. The lowest BCUT2D eigenvalue weighted by Crippen LogP contribution is -2.48. The zero-order valence-electron chi connectivity index (χ0n) is 17.3. The first kappa shape index (κ1) is 20.8. The quantitative estimate of drug-likeness (QED) is 0.528. The van der Waals surface area contributed by atoms with Gasteiger partial charge in [-0.2, -0.15) is 0 Å². The van der Waals surface area contributed by atoms with Gasteiger partial charge in [0, 0.05) is 6.42 Å². The molecule has 0 saturated carbocycles. The number of ether oxygens (including phenoxy) is 3. The number of benzene rings is 3. The third-order valence-corrected chi connectivity index (χ3v) is 5.66. The number of carbonyl (C=O) groups excluding carboxylic acids is 2.